The van der Waals surface area contributed by atoms with Crippen LogP contribution in [0.3, 0.4) is 0 Å². The van der Waals surface area contributed by atoms with Gasteiger partial charge in [0.05, 0.1) is 11.8 Å². The van der Waals surface area contributed by atoms with Gasteiger partial charge in [0.1, 0.15) is 6.04 Å². The molecule has 7 heteroatoms. The zero-order valence-corrected chi connectivity index (χ0v) is 9.66. The van der Waals surface area contributed by atoms with Crippen LogP contribution in [0, 0.1) is 5.41 Å². The summed E-state index contributed by atoms with van der Waals surface area (Å²) in [6, 6.07) is -1.25. The van der Waals surface area contributed by atoms with E-state index in [4.69, 9.17) is 10.8 Å². The van der Waals surface area contributed by atoms with Crippen molar-refractivity contribution in [3.8, 4) is 0 Å². The Kier molecular flexibility index (Phi) is 4.06. The predicted octanol–water partition coefficient (Wildman–Crippen LogP) is -1.57. The molecule has 0 aromatic carbocycles. The smallest absolute Gasteiger partial charge is 0.326 e. The van der Waals surface area contributed by atoms with Crippen LogP contribution in [0.5, 0.6) is 0 Å². The zero-order valence-electron chi connectivity index (χ0n) is 9.66. The largest absolute Gasteiger partial charge is 0.480 e. The van der Waals surface area contributed by atoms with E-state index in [9.17, 15) is 14.4 Å². The van der Waals surface area contributed by atoms with Crippen LogP contribution in [0.1, 0.15) is 19.8 Å². The molecule has 17 heavy (non-hydrogen) atoms. The number of carbonyl (C=O) groups excluding carboxylic acids is 2. The van der Waals surface area contributed by atoms with Crippen molar-refractivity contribution in [2.75, 3.05) is 13.1 Å². The third-order valence-electron chi connectivity index (χ3n) is 2.93. The molecule has 0 radical (unpaired) electrons. The lowest BCUT2D eigenvalue weighted by molar-refractivity contribution is -0.144. The van der Waals surface area contributed by atoms with E-state index in [0.29, 0.717) is 13.0 Å². The summed E-state index contributed by atoms with van der Waals surface area (Å²) in [5, 5.41) is 14.2. The van der Waals surface area contributed by atoms with Gasteiger partial charge in [-0.3, -0.25) is 9.59 Å². The fourth-order valence-electron chi connectivity index (χ4n) is 1.74. The second-order valence-electron chi connectivity index (χ2n) is 4.52. The summed E-state index contributed by atoms with van der Waals surface area (Å²) in [5.74, 6) is -2.38. The van der Waals surface area contributed by atoms with Crippen molar-refractivity contribution in [2.45, 2.75) is 25.8 Å². The van der Waals surface area contributed by atoms with Crippen molar-refractivity contribution in [1.29, 1.82) is 0 Å². The molecule has 2 atom stereocenters. The van der Waals surface area contributed by atoms with Gasteiger partial charge in [0.2, 0.25) is 11.8 Å². The van der Waals surface area contributed by atoms with Crippen molar-refractivity contribution < 1.29 is 19.5 Å². The van der Waals surface area contributed by atoms with E-state index in [2.05, 4.69) is 10.6 Å². The van der Waals surface area contributed by atoms with Crippen molar-refractivity contribution >= 4 is 17.8 Å². The Hall–Kier alpha value is -1.63. The second-order valence-corrected chi connectivity index (χ2v) is 4.52. The highest BCUT2D eigenvalue weighted by atomic mass is 16.4. The second kappa shape index (κ2) is 5.13. The summed E-state index contributed by atoms with van der Waals surface area (Å²) in [4.78, 5) is 33.4. The number of carbonyl (C=O) groups is 3. The van der Waals surface area contributed by atoms with Gasteiger partial charge in [-0.05, 0) is 19.9 Å². The Balaban J connectivity index is 2.63. The van der Waals surface area contributed by atoms with Crippen LogP contribution in [0.4, 0.5) is 0 Å². The molecule has 1 fully saturated rings. The highest BCUT2D eigenvalue weighted by Gasteiger charge is 2.38. The van der Waals surface area contributed by atoms with Crippen LogP contribution < -0.4 is 16.4 Å². The Morgan fingerprint density at radius 2 is 2.18 bits per heavy atom. The van der Waals surface area contributed by atoms with Gasteiger partial charge in [-0.15, -0.1) is 0 Å². The quantitative estimate of drug-likeness (QED) is 0.465. The molecule has 1 aliphatic heterocycles. The van der Waals surface area contributed by atoms with Gasteiger partial charge < -0.3 is 21.5 Å². The SMILES string of the molecule is CC1(C(=O)N[C@@H](CC(N)=O)C(=O)O)CCNC1. The van der Waals surface area contributed by atoms with Crippen molar-refractivity contribution in [3.05, 3.63) is 0 Å². The number of hydrogen-bond acceptors (Lipinski definition) is 4. The molecule has 1 heterocycles. The first-order valence-electron chi connectivity index (χ1n) is 5.38. The van der Waals surface area contributed by atoms with Gasteiger partial charge in [-0.25, -0.2) is 4.79 Å². The summed E-state index contributed by atoms with van der Waals surface area (Å²) in [7, 11) is 0. The van der Waals surface area contributed by atoms with E-state index in [-0.39, 0.29) is 5.91 Å². The molecule has 7 nitrogen and oxygen atoms in total. The first-order chi connectivity index (χ1) is 7.85. The molecular weight excluding hydrogens is 226 g/mol. The molecule has 2 amide bonds. The fourth-order valence-corrected chi connectivity index (χ4v) is 1.74. The monoisotopic (exact) mass is 243 g/mol. The minimum atomic E-state index is -1.26. The lowest BCUT2D eigenvalue weighted by Crippen LogP contribution is -2.49. The number of primary amides is 1. The average Bonchev–Trinajstić information content (AvgIpc) is 2.64. The number of rotatable bonds is 5. The molecule has 96 valence electrons. The first kappa shape index (κ1) is 13.4. The third kappa shape index (κ3) is 3.42. The standard InChI is InChI=1S/C10H17N3O4/c1-10(2-3-12-5-10)9(17)13-6(8(15)16)4-7(11)14/h6,12H,2-5H2,1H3,(H2,11,14)(H,13,17)(H,15,16)/t6-,10?/m0/s1. The third-order valence-corrected chi connectivity index (χ3v) is 2.93. The molecule has 0 aromatic heterocycles. The molecule has 1 saturated heterocycles. The van der Waals surface area contributed by atoms with E-state index in [0.717, 1.165) is 6.54 Å². The molecule has 1 aliphatic rings. The molecular formula is C10H17N3O4. The van der Waals surface area contributed by atoms with Crippen LogP contribution in [0.2, 0.25) is 0 Å². The summed E-state index contributed by atoms with van der Waals surface area (Å²) in [5.41, 5.74) is 4.31. The summed E-state index contributed by atoms with van der Waals surface area (Å²) in [6.45, 7) is 2.98. The number of nitrogens with two attached hydrogens (primary N) is 1. The van der Waals surface area contributed by atoms with E-state index < -0.39 is 29.8 Å². The number of carboxylic acids is 1. The van der Waals surface area contributed by atoms with Crippen molar-refractivity contribution in [1.82, 2.24) is 10.6 Å². The summed E-state index contributed by atoms with van der Waals surface area (Å²) < 4.78 is 0. The number of hydrogen-bond donors (Lipinski definition) is 4. The van der Waals surface area contributed by atoms with E-state index in [1.54, 1.807) is 6.92 Å². The highest BCUT2D eigenvalue weighted by Crippen LogP contribution is 2.24. The maximum Gasteiger partial charge on any atom is 0.326 e. The molecule has 1 unspecified atom stereocenters. The molecule has 5 N–H and O–H groups in total. The van der Waals surface area contributed by atoms with Crippen LogP contribution in [-0.2, 0) is 14.4 Å². The van der Waals surface area contributed by atoms with E-state index >= 15 is 0 Å². The summed E-state index contributed by atoms with van der Waals surface area (Å²) in [6.07, 6.45) is 0.242. The molecule has 0 bridgehead atoms. The molecule has 0 aliphatic carbocycles. The topological polar surface area (TPSA) is 122 Å². The zero-order chi connectivity index (χ0) is 13.1. The minimum Gasteiger partial charge on any atom is -0.480 e. The van der Waals surface area contributed by atoms with Gasteiger partial charge in [-0.2, -0.15) is 0 Å². The van der Waals surface area contributed by atoms with Crippen LogP contribution in [-0.4, -0.2) is 42.0 Å². The molecule has 0 aromatic rings. The average molecular weight is 243 g/mol. The van der Waals surface area contributed by atoms with Crippen LogP contribution >= 0.6 is 0 Å². The Labute approximate surface area is 98.7 Å². The molecule has 0 saturated carbocycles. The van der Waals surface area contributed by atoms with Crippen LogP contribution in [0.15, 0.2) is 0 Å². The maximum absolute atomic E-state index is 11.9. The lowest BCUT2D eigenvalue weighted by atomic mass is 9.88. The Morgan fingerprint density at radius 3 is 2.59 bits per heavy atom. The maximum atomic E-state index is 11.9. The van der Waals surface area contributed by atoms with Gasteiger partial charge >= 0.3 is 5.97 Å². The summed E-state index contributed by atoms with van der Waals surface area (Å²) >= 11 is 0. The van der Waals surface area contributed by atoms with Crippen molar-refractivity contribution in [3.63, 3.8) is 0 Å². The Morgan fingerprint density at radius 1 is 1.53 bits per heavy atom. The fraction of sp³-hybridized carbons (Fsp3) is 0.700. The molecule has 1 rings (SSSR count). The predicted molar refractivity (Wildman–Crippen MR) is 59.0 cm³/mol. The first-order valence-corrected chi connectivity index (χ1v) is 5.38. The number of aliphatic carboxylic acids is 1. The molecule has 0 spiro atoms. The Bertz CT molecular complexity index is 336. The number of amides is 2. The van der Waals surface area contributed by atoms with Gasteiger partial charge in [-0.1, -0.05) is 0 Å². The number of carboxylic acid groups (broad SMARTS) is 1. The lowest BCUT2D eigenvalue weighted by Gasteiger charge is -2.24. The van der Waals surface area contributed by atoms with Gasteiger partial charge in [0.25, 0.3) is 0 Å². The van der Waals surface area contributed by atoms with Crippen LogP contribution in [0.25, 0.3) is 0 Å². The van der Waals surface area contributed by atoms with E-state index in [1.165, 1.54) is 0 Å². The van der Waals surface area contributed by atoms with Crippen molar-refractivity contribution in [2.24, 2.45) is 11.1 Å². The van der Waals surface area contributed by atoms with Gasteiger partial charge in [0, 0.05) is 6.54 Å². The number of nitrogens with one attached hydrogen (secondary N) is 2. The normalized spacial score (nSPS) is 25.2. The van der Waals surface area contributed by atoms with Gasteiger partial charge in [0.15, 0.2) is 0 Å². The highest BCUT2D eigenvalue weighted by molar-refractivity contribution is 5.90. The van der Waals surface area contributed by atoms with E-state index in [1.807, 2.05) is 0 Å². The minimum absolute atomic E-state index is 0.365.